The highest BCUT2D eigenvalue weighted by Gasteiger charge is 2.11. The van der Waals surface area contributed by atoms with E-state index in [1.54, 1.807) is 31.3 Å². The van der Waals surface area contributed by atoms with Crippen molar-refractivity contribution in [3.63, 3.8) is 0 Å². The fraction of sp³-hybridized carbons (Fsp3) is 0.0556. The molecule has 3 rings (SSSR count). The van der Waals surface area contributed by atoms with E-state index in [0.717, 1.165) is 5.56 Å². The van der Waals surface area contributed by atoms with Gasteiger partial charge in [-0.1, -0.05) is 6.07 Å². The molecule has 0 unspecified atom stereocenters. The highest BCUT2D eigenvalue weighted by molar-refractivity contribution is 6.04. The predicted octanol–water partition coefficient (Wildman–Crippen LogP) is 2.56. The van der Waals surface area contributed by atoms with Gasteiger partial charge in [-0.2, -0.15) is 4.39 Å². The molecule has 1 amide bonds. The van der Waals surface area contributed by atoms with E-state index in [1.807, 2.05) is 0 Å². The third-order valence-electron chi connectivity index (χ3n) is 3.53. The van der Waals surface area contributed by atoms with Crippen LogP contribution in [0.15, 0.2) is 53.9 Å². The average molecular weight is 350 g/mol. The van der Waals surface area contributed by atoms with Crippen LogP contribution in [0.4, 0.5) is 15.8 Å². The summed E-state index contributed by atoms with van der Waals surface area (Å²) in [4.78, 5) is 28.0. The maximum absolute atomic E-state index is 13.0. The first kappa shape index (κ1) is 17.2. The standard InChI is InChI=1S/C18H15FN6O/c1-21-8-13-9-23-16(10-22-13)18(26)25-15-6-11(2-4-14(15)20)12-3-5-17(19)24-7-12/h2-10H,20H2,1H3,(H,25,26)/b21-8-. The van der Waals surface area contributed by atoms with Crippen molar-refractivity contribution in [2.45, 2.75) is 0 Å². The Balaban J connectivity index is 1.83. The number of amides is 1. The number of pyridine rings is 1. The number of carbonyl (C=O) groups is 1. The second-order valence-corrected chi connectivity index (χ2v) is 5.34. The third kappa shape index (κ3) is 3.86. The number of nitrogens with two attached hydrogens (primary N) is 1. The van der Waals surface area contributed by atoms with Crippen molar-refractivity contribution in [2.75, 3.05) is 18.1 Å². The van der Waals surface area contributed by atoms with Gasteiger partial charge in [0.2, 0.25) is 5.95 Å². The molecule has 7 nitrogen and oxygen atoms in total. The molecule has 1 aromatic carbocycles. The van der Waals surface area contributed by atoms with Gasteiger partial charge in [-0.25, -0.2) is 9.97 Å². The Labute approximate surface area is 148 Å². The molecular formula is C18H15FN6O. The molecule has 0 aliphatic rings. The van der Waals surface area contributed by atoms with E-state index in [2.05, 4.69) is 25.3 Å². The molecule has 26 heavy (non-hydrogen) atoms. The van der Waals surface area contributed by atoms with Crippen molar-refractivity contribution in [1.29, 1.82) is 0 Å². The van der Waals surface area contributed by atoms with Gasteiger partial charge in [-0.3, -0.25) is 14.8 Å². The smallest absolute Gasteiger partial charge is 0.275 e. The zero-order valence-electron chi connectivity index (χ0n) is 13.8. The van der Waals surface area contributed by atoms with E-state index in [0.29, 0.717) is 22.6 Å². The number of nitrogens with zero attached hydrogens (tertiary/aromatic N) is 4. The van der Waals surface area contributed by atoms with Gasteiger partial charge < -0.3 is 11.1 Å². The SMILES string of the molecule is C/N=C\c1cnc(C(=O)Nc2cc(-c3ccc(F)nc3)ccc2N)cn1. The Morgan fingerprint density at radius 1 is 1.12 bits per heavy atom. The predicted molar refractivity (Wildman–Crippen MR) is 97.5 cm³/mol. The molecule has 0 aliphatic carbocycles. The zero-order valence-corrected chi connectivity index (χ0v) is 13.8. The van der Waals surface area contributed by atoms with Crippen LogP contribution in [0.5, 0.6) is 0 Å². The number of aliphatic imine (C=N–C) groups is 1. The maximum Gasteiger partial charge on any atom is 0.275 e. The van der Waals surface area contributed by atoms with Gasteiger partial charge in [-0.15, -0.1) is 0 Å². The molecule has 0 aliphatic heterocycles. The average Bonchev–Trinajstić information content (AvgIpc) is 2.65. The van der Waals surface area contributed by atoms with E-state index in [-0.39, 0.29) is 5.69 Å². The van der Waals surface area contributed by atoms with Crippen LogP contribution >= 0.6 is 0 Å². The van der Waals surface area contributed by atoms with Crippen LogP contribution in [0.1, 0.15) is 16.2 Å². The van der Waals surface area contributed by atoms with Crippen LogP contribution in [-0.4, -0.2) is 34.1 Å². The molecule has 0 fully saturated rings. The summed E-state index contributed by atoms with van der Waals surface area (Å²) in [6, 6.07) is 7.96. The van der Waals surface area contributed by atoms with Gasteiger partial charge in [0.05, 0.1) is 29.5 Å². The molecule has 2 aromatic heterocycles. The first-order valence-electron chi connectivity index (χ1n) is 7.64. The number of hydrogen-bond acceptors (Lipinski definition) is 6. The van der Waals surface area contributed by atoms with Crippen molar-refractivity contribution in [3.8, 4) is 11.1 Å². The molecule has 0 spiro atoms. The van der Waals surface area contributed by atoms with Crippen LogP contribution in [0.3, 0.4) is 0 Å². The molecule has 130 valence electrons. The van der Waals surface area contributed by atoms with Gasteiger partial charge >= 0.3 is 0 Å². The Bertz CT molecular complexity index is 954. The summed E-state index contributed by atoms with van der Waals surface area (Å²) < 4.78 is 13.0. The summed E-state index contributed by atoms with van der Waals surface area (Å²) in [6.07, 6.45) is 5.75. The Hall–Kier alpha value is -3.68. The lowest BCUT2D eigenvalue weighted by Crippen LogP contribution is -2.15. The first-order valence-corrected chi connectivity index (χ1v) is 7.64. The Morgan fingerprint density at radius 3 is 2.58 bits per heavy atom. The second kappa shape index (κ2) is 7.47. The molecule has 2 heterocycles. The number of nitrogens with one attached hydrogen (secondary N) is 1. The number of nitrogen functional groups attached to an aromatic ring is 1. The summed E-state index contributed by atoms with van der Waals surface area (Å²) in [5, 5.41) is 2.70. The van der Waals surface area contributed by atoms with Crippen molar-refractivity contribution in [2.24, 2.45) is 4.99 Å². The highest BCUT2D eigenvalue weighted by Crippen LogP contribution is 2.27. The number of halogens is 1. The minimum absolute atomic E-state index is 0.145. The monoisotopic (exact) mass is 350 g/mol. The summed E-state index contributed by atoms with van der Waals surface area (Å²) in [6.45, 7) is 0. The quantitative estimate of drug-likeness (QED) is 0.427. The number of benzene rings is 1. The van der Waals surface area contributed by atoms with Gasteiger partial charge in [0.15, 0.2) is 0 Å². The lowest BCUT2D eigenvalue weighted by molar-refractivity contribution is 0.102. The number of aromatic nitrogens is 3. The Morgan fingerprint density at radius 2 is 1.92 bits per heavy atom. The maximum atomic E-state index is 13.0. The van der Waals surface area contributed by atoms with Crippen LogP contribution < -0.4 is 11.1 Å². The first-order chi connectivity index (χ1) is 12.6. The molecule has 3 aromatic rings. The van der Waals surface area contributed by atoms with E-state index in [9.17, 15) is 9.18 Å². The number of rotatable bonds is 4. The molecule has 3 N–H and O–H groups in total. The molecule has 0 saturated heterocycles. The van der Waals surface area contributed by atoms with Crippen LogP contribution in [-0.2, 0) is 0 Å². The molecule has 0 saturated carbocycles. The van der Waals surface area contributed by atoms with Crippen LogP contribution in [0.2, 0.25) is 0 Å². The minimum atomic E-state index is -0.562. The minimum Gasteiger partial charge on any atom is -0.397 e. The number of anilines is 2. The van der Waals surface area contributed by atoms with Crippen molar-refractivity contribution in [3.05, 3.63) is 66.3 Å². The molecule has 0 radical (unpaired) electrons. The van der Waals surface area contributed by atoms with Crippen LogP contribution in [0, 0.1) is 5.95 Å². The molecular weight excluding hydrogens is 335 g/mol. The van der Waals surface area contributed by atoms with Gasteiger partial charge in [0.1, 0.15) is 5.69 Å². The second-order valence-electron chi connectivity index (χ2n) is 5.34. The van der Waals surface area contributed by atoms with Gasteiger partial charge in [0.25, 0.3) is 5.91 Å². The fourth-order valence-corrected chi connectivity index (χ4v) is 2.23. The molecule has 0 atom stereocenters. The van der Waals surface area contributed by atoms with Crippen molar-refractivity contribution in [1.82, 2.24) is 15.0 Å². The summed E-state index contributed by atoms with van der Waals surface area (Å²) in [5.74, 6) is -1.01. The molecule has 0 bridgehead atoms. The molecule has 8 heteroatoms. The summed E-state index contributed by atoms with van der Waals surface area (Å²) in [5.41, 5.74) is 8.87. The van der Waals surface area contributed by atoms with Crippen LogP contribution in [0.25, 0.3) is 11.1 Å². The lowest BCUT2D eigenvalue weighted by Gasteiger charge is -2.10. The third-order valence-corrected chi connectivity index (χ3v) is 3.53. The van der Waals surface area contributed by atoms with E-state index in [1.165, 1.54) is 30.9 Å². The van der Waals surface area contributed by atoms with E-state index in [4.69, 9.17) is 5.73 Å². The lowest BCUT2D eigenvalue weighted by atomic mass is 10.1. The fourth-order valence-electron chi connectivity index (χ4n) is 2.23. The van der Waals surface area contributed by atoms with Gasteiger partial charge in [-0.05, 0) is 29.8 Å². The van der Waals surface area contributed by atoms with Crippen molar-refractivity contribution < 1.29 is 9.18 Å². The van der Waals surface area contributed by atoms with E-state index < -0.39 is 11.9 Å². The normalized spacial score (nSPS) is 10.8. The van der Waals surface area contributed by atoms with Gasteiger partial charge in [0, 0.05) is 25.0 Å². The number of hydrogen-bond donors (Lipinski definition) is 2. The van der Waals surface area contributed by atoms with Crippen molar-refractivity contribution >= 4 is 23.5 Å². The summed E-state index contributed by atoms with van der Waals surface area (Å²) >= 11 is 0. The topological polar surface area (TPSA) is 106 Å². The highest BCUT2D eigenvalue weighted by atomic mass is 19.1. The Kier molecular flexibility index (Phi) is 4.93. The largest absolute Gasteiger partial charge is 0.397 e. The summed E-state index contributed by atoms with van der Waals surface area (Å²) in [7, 11) is 1.62. The van der Waals surface area contributed by atoms with E-state index >= 15 is 0 Å². The zero-order chi connectivity index (χ0) is 18.5. The number of carbonyl (C=O) groups excluding carboxylic acids is 1.